The van der Waals surface area contributed by atoms with Crippen molar-refractivity contribution in [3.8, 4) is 0 Å². The first-order chi connectivity index (χ1) is 5.74. The van der Waals surface area contributed by atoms with Crippen LogP contribution in [0.3, 0.4) is 0 Å². The summed E-state index contributed by atoms with van der Waals surface area (Å²) in [7, 11) is 1.94. The Morgan fingerprint density at radius 3 is 2.92 bits per heavy atom. The number of thiophene rings is 1. The smallest absolute Gasteiger partial charge is 0.0701 e. The van der Waals surface area contributed by atoms with Gasteiger partial charge in [-0.25, -0.2) is 0 Å². The molecule has 0 aliphatic carbocycles. The monoisotopic (exact) mass is 248 g/mol. The third-order valence-electron chi connectivity index (χ3n) is 1.66. The lowest BCUT2D eigenvalue weighted by Crippen LogP contribution is -2.16. The summed E-state index contributed by atoms with van der Waals surface area (Å²) < 4.78 is 1.15. The fraction of sp³-hybridized carbons (Fsp3) is 0.500. The Kier molecular flexibility index (Phi) is 4.21. The van der Waals surface area contributed by atoms with Crippen LogP contribution in [-0.2, 0) is 0 Å². The number of hydrogen-bond acceptors (Lipinski definition) is 3. The van der Waals surface area contributed by atoms with Crippen LogP contribution in [0.1, 0.15) is 17.3 Å². The first-order valence-corrected chi connectivity index (χ1v) is 5.50. The highest BCUT2D eigenvalue weighted by atomic mass is 79.9. The fourth-order valence-electron chi connectivity index (χ4n) is 0.970. The van der Waals surface area contributed by atoms with Gasteiger partial charge in [0.25, 0.3) is 0 Å². The van der Waals surface area contributed by atoms with Gasteiger partial charge in [-0.3, -0.25) is 0 Å². The molecule has 1 heterocycles. The molecule has 0 saturated carbocycles. The lowest BCUT2D eigenvalue weighted by molar-refractivity contribution is 0.623. The van der Waals surface area contributed by atoms with E-state index in [9.17, 15) is 0 Å². The van der Waals surface area contributed by atoms with Crippen LogP contribution in [0.2, 0.25) is 0 Å². The molecule has 1 aromatic heterocycles. The Labute approximate surface area is 85.3 Å². The summed E-state index contributed by atoms with van der Waals surface area (Å²) in [5, 5.41) is 3.09. The molecule has 0 aliphatic heterocycles. The van der Waals surface area contributed by atoms with E-state index in [4.69, 9.17) is 5.73 Å². The second-order valence-corrected chi connectivity index (χ2v) is 5.14. The van der Waals surface area contributed by atoms with Gasteiger partial charge in [0.05, 0.1) is 3.79 Å². The molecule has 1 unspecified atom stereocenters. The summed E-state index contributed by atoms with van der Waals surface area (Å²) in [5.74, 6) is 0. The molecular weight excluding hydrogens is 236 g/mol. The Morgan fingerprint density at radius 1 is 1.67 bits per heavy atom. The first kappa shape index (κ1) is 10.2. The zero-order chi connectivity index (χ0) is 8.97. The van der Waals surface area contributed by atoms with E-state index in [2.05, 4.69) is 27.3 Å². The number of halogens is 1. The molecule has 1 atom stereocenters. The molecular formula is C8H13BrN2S. The fourth-order valence-corrected chi connectivity index (χ4v) is 2.43. The van der Waals surface area contributed by atoms with Gasteiger partial charge in [0, 0.05) is 10.9 Å². The molecule has 0 amide bonds. The van der Waals surface area contributed by atoms with Gasteiger partial charge < -0.3 is 11.1 Å². The summed E-state index contributed by atoms with van der Waals surface area (Å²) in [6, 6.07) is 4.29. The molecule has 2 nitrogen and oxygen atoms in total. The van der Waals surface area contributed by atoms with Crippen molar-refractivity contribution in [2.75, 3.05) is 13.6 Å². The average molecular weight is 249 g/mol. The Bertz CT molecular complexity index is 237. The minimum Gasteiger partial charge on any atom is -0.323 e. The SMILES string of the molecule is CNCCC(N)c1ccc(Br)s1. The minimum atomic E-state index is 0.175. The second kappa shape index (κ2) is 4.97. The number of nitrogens with one attached hydrogen (secondary N) is 1. The van der Waals surface area contributed by atoms with Gasteiger partial charge in [-0.2, -0.15) is 0 Å². The third-order valence-corrected chi connectivity index (χ3v) is 3.42. The van der Waals surface area contributed by atoms with Gasteiger partial charge in [-0.05, 0) is 48.1 Å². The molecule has 0 bridgehead atoms. The highest BCUT2D eigenvalue weighted by Gasteiger charge is 2.06. The van der Waals surface area contributed by atoms with Crippen molar-refractivity contribution in [1.82, 2.24) is 5.32 Å². The van der Waals surface area contributed by atoms with Crippen LogP contribution >= 0.6 is 27.3 Å². The lowest BCUT2D eigenvalue weighted by atomic mass is 10.2. The van der Waals surface area contributed by atoms with Crippen LogP contribution in [-0.4, -0.2) is 13.6 Å². The molecule has 4 heteroatoms. The van der Waals surface area contributed by atoms with E-state index >= 15 is 0 Å². The molecule has 68 valence electrons. The van der Waals surface area contributed by atoms with E-state index in [1.807, 2.05) is 13.1 Å². The van der Waals surface area contributed by atoms with Crippen LogP contribution in [0.15, 0.2) is 15.9 Å². The van der Waals surface area contributed by atoms with E-state index in [1.165, 1.54) is 4.88 Å². The highest BCUT2D eigenvalue weighted by molar-refractivity contribution is 9.11. The predicted molar refractivity (Wildman–Crippen MR) is 57.5 cm³/mol. The molecule has 0 aromatic carbocycles. The largest absolute Gasteiger partial charge is 0.323 e. The third kappa shape index (κ3) is 2.86. The molecule has 0 fully saturated rings. The van der Waals surface area contributed by atoms with Crippen molar-refractivity contribution in [3.63, 3.8) is 0 Å². The zero-order valence-corrected chi connectivity index (χ0v) is 9.41. The molecule has 0 saturated heterocycles. The molecule has 0 spiro atoms. The zero-order valence-electron chi connectivity index (χ0n) is 7.01. The van der Waals surface area contributed by atoms with Gasteiger partial charge in [-0.15, -0.1) is 11.3 Å². The van der Waals surface area contributed by atoms with Crippen molar-refractivity contribution in [2.24, 2.45) is 5.73 Å². The van der Waals surface area contributed by atoms with E-state index in [0.29, 0.717) is 0 Å². The summed E-state index contributed by atoms with van der Waals surface area (Å²) in [6.07, 6.45) is 0.990. The van der Waals surface area contributed by atoms with E-state index in [-0.39, 0.29) is 6.04 Å². The number of nitrogens with two attached hydrogens (primary N) is 1. The minimum absolute atomic E-state index is 0.175. The van der Waals surface area contributed by atoms with E-state index < -0.39 is 0 Å². The summed E-state index contributed by atoms with van der Waals surface area (Å²) in [4.78, 5) is 1.25. The maximum absolute atomic E-state index is 5.94. The summed E-state index contributed by atoms with van der Waals surface area (Å²) >= 11 is 5.13. The molecule has 0 radical (unpaired) electrons. The normalized spacial score (nSPS) is 13.2. The number of hydrogen-bond donors (Lipinski definition) is 2. The van der Waals surface area contributed by atoms with Crippen LogP contribution < -0.4 is 11.1 Å². The van der Waals surface area contributed by atoms with Crippen LogP contribution in [0, 0.1) is 0 Å². The molecule has 1 rings (SSSR count). The van der Waals surface area contributed by atoms with Crippen molar-refractivity contribution >= 4 is 27.3 Å². The van der Waals surface area contributed by atoms with Crippen LogP contribution in [0.4, 0.5) is 0 Å². The topological polar surface area (TPSA) is 38.0 Å². The Balaban J connectivity index is 2.47. The quantitative estimate of drug-likeness (QED) is 0.857. The summed E-state index contributed by atoms with van der Waals surface area (Å²) in [6.45, 7) is 0.969. The Morgan fingerprint density at radius 2 is 2.42 bits per heavy atom. The van der Waals surface area contributed by atoms with Crippen LogP contribution in [0.5, 0.6) is 0 Å². The van der Waals surface area contributed by atoms with Crippen molar-refractivity contribution in [1.29, 1.82) is 0 Å². The van der Waals surface area contributed by atoms with Crippen molar-refractivity contribution in [2.45, 2.75) is 12.5 Å². The summed E-state index contributed by atoms with van der Waals surface area (Å²) in [5.41, 5.74) is 5.94. The molecule has 0 aliphatic rings. The lowest BCUT2D eigenvalue weighted by Gasteiger charge is -2.07. The van der Waals surface area contributed by atoms with Crippen molar-refractivity contribution < 1.29 is 0 Å². The standard InChI is InChI=1S/C8H13BrN2S/c1-11-5-4-6(10)7-2-3-8(9)12-7/h2-3,6,11H,4-5,10H2,1H3. The Hall–Kier alpha value is 0.1000. The van der Waals surface area contributed by atoms with Gasteiger partial charge in [0.15, 0.2) is 0 Å². The number of rotatable bonds is 4. The average Bonchev–Trinajstić information content (AvgIpc) is 2.47. The van der Waals surface area contributed by atoms with Crippen molar-refractivity contribution in [3.05, 3.63) is 20.8 Å². The maximum Gasteiger partial charge on any atom is 0.0701 e. The predicted octanol–water partition coefficient (Wildman–Crippen LogP) is 2.12. The van der Waals surface area contributed by atoms with E-state index in [0.717, 1.165) is 16.8 Å². The first-order valence-electron chi connectivity index (χ1n) is 3.89. The second-order valence-electron chi connectivity index (χ2n) is 2.64. The van der Waals surface area contributed by atoms with Gasteiger partial charge >= 0.3 is 0 Å². The van der Waals surface area contributed by atoms with Crippen LogP contribution in [0.25, 0.3) is 0 Å². The van der Waals surface area contributed by atoms with E-state index in [1.54, 1.807) is 11.3 Å². The maximum atomic E-state index is 5.94. The van der Waals surface area contributed by atoms with Gasteiger partial charge in [-0.1, -0.05) is 0 Å². The highest BCUT2D eigenvalue weighted by Crippen LogP contribution is 2.27. The molecule has 12 heavy (non-hydrogen) atoms. The molecule has 1 aromatic rings. The van der Waals surface area contributed by atoms with Gasteiger partial charge in [0.1, 0.15) is 0 Å². The van der Waals surface area contributed by atoms with Gasteiger partial charge in [0.2, 0.25) is 0 Å². The molecule has 3 N–H and O–H groups in total.